The number of hydrogen-bond acceptors (Lipinski definition) is 9. The fourth-order valence-corrected chi connectivity index (χ4v) is 3.06. The number of aromatic hydroxyl groups is 1. The molecule has 1 fully saturated rings. The van der Waals surface area contributed by atoms with Crippen molar-refractivity contribution in [3.63, 3.8) is 0 Å². The van der Waals surface area contributed by atoms with Crippen LogP contribution in [-0.4, -0.2) is 57.0 Å². The largest absolute Gasteiger partial charge is 0.508 e. The number of rotatable bonds is 5. The van der Waals surface area contributed by atoms with E-state index in [9.17, 15) is 30.0 Å². The summed E-state index contributed by atoms with van der Waals surface area (Å²) in [6.07, 6.45) is -4.96. The molecule has 1 saturated heterocycles. The van der Waals surface area contributed by atoms with Gasteiger partial charge in [0.05, 0.1) is 19.1 Å². The maximum Gasteiger partial charge on any atom is 0.379 e. The first-order valence-electron chi connectivity index (χ1n) is 8.12. The molecule has 2 heterocycles. The molecular formula is C17H19NO9. The molecule has 0 radical (unpaired) electrons. The lowest BCUT2D eigenvalue weighted by Gasteiger charge is -2.44. The quantitative estimate of drug-likeness (QED) is 0.405. The molecule has 146 valence electrons. The fourth-order valence-electron chi connectivity index (χ4n) is 3.06. The zero-order chi connectivity index (χ0) is 19.8. The summed E-state index contributed by atoms with van der Waals surface area (Å²) < 4.78 is 16.2. The summed E-state index contributed by atoms with van der Waals surface area (Å²) >= 11 is 0. The Morgan fingerprint density at radius 2 is 2.07 bits per heavy atom. The van der Waals surface area contributed by atoms with Crippen LogP contribution >= 0.6 is 0 Å². The summed E-state index contributed by atoms with van der Waals surface area (Å²) in [5.41, 5.74) is 4.44. The first-order valence-corrected chi connectivity index (χ1v) is 8.12. The van der Waals surface area contributed by atoms with Gasteiger partial charge in [0.2, 0.25) is 17.4 Å². The smallest absolute Gasteiger partial charge is 0.379 e. The van der Waals surface area contributed by atoms with Crippen molar-refractivity contribution in [2.45, 2.75) is 36.9 Å². The van der Waals surface area contributed by atoms with Gasteiger partial charge in [-0.05, 0) is 18.2 Å². The lowest BCUT2D eigenvalue weighted by molar-refractivity contribution is -0.292. The molecule has 0 aliphatic carbocycles. The second-order valence-corrected chi connectivity index (χ2v) is 6.38. The molecule has 10 heteroatoms. The molecule has 4 atom stereocenters. The Morgan fingerprint density at radius 1 is 1.33 bits per heavy atom. The molecule has 0 spiro atoms. The van der Waals surface area contributed by atoms with E-state index in [1.807, 2.05) is 0 Å². The number of ether oxygens (including phenoxy) is 2. The third-order valence-electron chi connectivity index (χ3n) is 4.27. The third kappa shape index (κ3) is 3.88. The van der Waals surface area contributed by atoms with Crippen molar-refractivity contribution >= 4 is 16.9 Å². The topological polar surface area (TPSA) is 173 Å². The van der Waals surface area contributed by atoms with Gasteiger partial charge in [-0.3, -0.25) is 4.79 Å². The normalized spacial score (nSPS) is 28.2. The standard InChI is InChI=1S/C17H19NO9/c18-14(22)6-17(5-10(21)15(23)13(7-19)27-17)26-12-3-8-1-2-9(20)4-11(8)25-16(12)24/h1-4,10,13,15,19-21,23H,5-7H2,(H2,18,22)/t10-,13-,15+,17?/m1/s1. The molecule has 1 unspecified atom stereocenters. The predicted octanol–water partition coefficient (Wildman–Crippen LogP) is -1.05. The number of fused-ring (bicyclic) bond motifs is 1. The molecule has 3 rings (SSSR count). The molecule has 2 aromatic rings. The van der Waals surface area contributed by atoms with E-state index in [4.69, 9.17) is 19.6 Å². The fraction of sp³-hybridized carbons (Fsp3) is 0.412. The molecule has 1 amide bonds. The van der Waals surface area contributed by atoms with Crippen molar-refractivity contribution < 1.29 is 39.1 Å². The summed E-state index contributed by atoms with van der Waals surface area (Å²) in [5, 5.41) is 39.2. The average Bonchev–Trinajstić information content (AvgIpc) is 2.58. The Bertz CT molecular complexity index is 911. The van der Waals surface area contributed by atoms with Crippen molar-refractivity contribution in [2.75, 3.05) is 6.61 Å². The molecular weight excluding hydrogens is 362 g/mol. The van der Waals surface area contributed by atoms with Crippen LogP contribution in [0.25, 0.3) is 11.0 Å². The number of benzene rings is 1. The van der Waals surface area contributed by atoms with E-state index in [-0.39, 0.29) is 23.5 Å². The van der Waals surface area contributed by atoms with Gasteiger partial charge >= 0.3 is 5.63 Å². The number of carbonyl (C=O) groups excluding carboxylic acids is 1. The number of amides is 1. The van der Waals surface area contributed by atoms with Gasteiger partial charge in [-0.15, -0.1) is 0 Å². The number of aliphatic hydroxyl groups excluding tert-OH is 3. The number of carbonyl (C=O) groups is 1. The van der Waals surface area contributed by atoms with Crippen molar-refractivity contribution in [3.8, 4) is 11.5 Å². The predicted molar refractivity (Wildman–Crippen MR) is 89.9 cm³/mol. The van der Waals surface area contributed by atoms with Gasteiger partial charge in [0.15, 0.2) is 0 Å². The van der Waals surface area contributed by atoms with Crippen LogP contribution < -0.4 is 16.1 Å². The van der Waals surface area contributed by atoms with Crippen LogP contribution in [0.15, 0.2) is 33.5 Å². The first-order chi connectivity index (χ1) is 12.7. The van der Waals surface area contributed by atoms with E-state index in [0.717, 1.165) is 0 Å². The molecule has 27 heavy (non-hydrogen) atoms. The van der Waals surface area contributed by atoms with Crippen LogP contribution in [0.3, 0.4) is 0 Å². The van der Waals surface area contributed by atoms with Gasteiger partial charge in [-0.1, -0.05) is 0 Å². The maximum atomic E-state index is 12.2. The SMILES string of the molecule is NC(=O)CC1(Oc2cc3ccc(O)cc3oc2=O)C[C@@H](O)[C@H](O)[C@@H](CO)O1. The Labute approximate surface area is 152 Å². The Balaban J connectivity index is 2.01. The number of primary amides is 1. The van der Waals surface area contributed by atoms with Crippen molar-refractivity contribution in [1.29, 1.82) is 0 Å². The summed E-state index contributed by atoms with van der Waals surface area (Å²) in [6.45, 7) is -0.659. The van der Waals surface area contributed by atoms with E-state index < -0.39 is 48.7 Å². The van der Waals surface area contributed by atoms with Gasteiger partial charge < -0.3 is 40.1 Å². The highest BCUT2D eigenvalue weighted by atomic mass is 16.7. The monoisotopic (exact) mass is 381 g/mol. The summed E-state index contributed by atoms with van der Waals surface area (Å²) in [4.78, 5) is 23.7. The van der Waals surface area contributed by atoms with Crippen LogP contribution in [0.4, 0.5) is 0 Å². The minimum Gasteiger partial charge on any atom is -0.508 e. The van der Waals surface area contributed by atoms with Gasteiger partial charge in [0, 0.05) is 17.9 Å². The first kappa shape index (κ1) is 19.1. The number of phenols is 1. The summed E-state index contributed by atoms with van der Waals surface area (Å²) in [5.74, 6) is -3.14. The molecule has 0 bridgehead atoms. The highest BCUT2D eigenvalue weighted by Crippen LogP contribution is 2.34. The minimum atomic E-state index is -1.88. The molecule has 1 aromatic heterocycles. The Hall–Kier alpha value is -2.66. The zero-order valence-electron chi connectivity index (χ0n) is 14.1. The molecule has 10 nitrogen and oxygen atoms in total. The van der Waals surface area contributed by atoms with Crippen LogP contribution in [0.1, 0.15) is 12.8 Å². The number of aliphatic hydroxyl groups is 3. The number of nitrogens with two attached hydrogens (primary N) is 1. The molecule has 0 saturated carbocycles. The molecule has 1 aliphatic rings. The van der Waals surface area contributed by atoms with Gasteiger partial charge in [-0.25, -0.2) is 4.79 Å². The molecule has 1 aromatic carbocycles. The Morgan fingerprint density at radius 3 is 2.74 bits per heavy atom. The van der Waals surface area contributed by atoms with Crippen LogP contribution in [0, 0.1) is 0 Å². The highest BCUT2D eigenvalue weighted by molar-refractivity contribution is 5.79. The van der Waals surface area contributed by atoms with Gasteiger partial charge in [0.25, 0.3) is 0 Å². The molecule has 1 aliphatic heterocycles. The molecule has 6 N–H and O–H groups in total. The summed E-state index contributed by atoms with van der Waals surface area (Å²) in [6, 6.07) is 5.43. The third-order valence-corrected chi connectivity index (χ3v) is 4.27. The van der Waals surface area contributed by atoms with Crippen molar-refractivity contribution in [1.82, 2.24) is 0 Å². The lowest BCUT2D eigenvalue weighted by atomic mass is 9.93. The zero-order valence-corrected chi connectivity index (χ0v) is 14.1. The second kappa shape index (κ2) is 7.16. The van der Waals surface area contributed by atoms with E-state index in [1.165, 1.54) is 24.3 Å². The Kier molecular flexibility index (Phi) is 5.07. The number of hydrogen-bond donors (Lipinski definition) is 5. The number of phenolic OH excluding ortho intramolecular Hbond substituents is 1. The second-order valence-electron chi connectivity index (χ2n) is 6.38. The van der Waals surface area contributed by atoms with Crippen molar-refractivity contribution in [3.05, 3.63) is 34.7 Å². The van der Waals surface area contributed by atoms with E-state index in [2.05, 4.69) is 0 Å². The van der Waals surface area contributed by atoms with E-state index in [1.54, 1.807) is 0 Å². The van der Waals surface area contributed by atoms with Crippen LogP contribution in [-0.2, 0) is 9.53 Å². The lowest BCUT2D eigenvalue weighted by Crippen LogP contribution is -2.59. The van der Waals surface area contributed by atoms with E-state index in [0.29, 0.717) is 5.39 Å². The maximum absolute atomic E-state index is 12.2. The van der Waals surface area contributed by atoms with Gasteiger partial charge in [0.1, 0.15) is 23.5 Å². The van der Waals surface area contributed by atoms with Crippen LogP contribution in [0.2, 0.25) is 0 Å². The summed E-state index contributed by atoms with van der Waals surface area (Å²) in [7, 11) is 0. The van der Waals surface area contributed by atoms with E-state index >= 15 is 0 Å². The minimum absolute atomic E-state index is 0.0944. The van der Waals surface area contributed by atoms with Crippen LogP contribution in [0.5, 0.6) is 11.5 Å². The van der Waals surface area contributed by atoms with Crippen molar-refractivity contribution in [2.24, 2.45) is 5.73 Å². The van der Waals surface area contributed by atoms with Gasteiger partial charge in [-0.2, -0.15) is 0 Å². The average molecular weight is 381 g/mol. The highest BCUT2D eigenvalue weighted by Gasteiger charge is 2.49.